The fraction of sp³-hybridized carbons (Fsp3) is 0.619. The van der Waals surface area contributed by atoms with Gasteiger partial charge in [0.2, 0.25) is 11.8 Å². The van der Waals surface area contributed by atoms with Crippen molar-refractivity contribution in [2.75, 3.05) is 18.5 Å². The quantitative estimate of drug-likeness (QED) is 0.850. The number of rotatable bonds is 4. The Bertz CT molecular complexity index is 691. The lowest BCUT2D eigenvalue weighted by molar-refractivity contribution is -0.129. The van der Waals surface area contributed by atoms with Crippen LogP contribution in [0.2, 0.25) is 0 Å². The van der Waals surface area contributed by atoms with Gasteiger partial charge in [0.05, 0.1) is 0 Å². The average molecular weight is 372 g/mol. The van der Waals surface area contributed by atoms with E-state index >= 15 is 0 Å². The van der Waals surface area contributed by atoms with Crippen LogP contribution in [0, 0.1) is 11.8 Å². The molecule has 0 unspecified atom stereocenters. The SMILES string of the molecule is O=C(Nc1ccc2c(c1)OCCO2)C1CCC(C(=O)NC2CCCC2)CC1. The summed E-state index contributed by atoms with van der Waals surface area (Å²) in [7, 11) is 0. The van der Waals surface area contributed by atoms with Crippen LogP contribution >= 0.6 is 0 Å². The maximum absolute atomic E-state index is 12.6. The van der Waals surface area contributed by atoms with Crippen molar-refractivity contribution in [3.8, 4) is 11.5 Å². The first-order valence-corrected chi connectivity index (χ1v) is 10.2. The number of hydrogen-bond acceptors (Lipinski definition) is 4. The topological polar surface area (TPSA) is 76.7 Å². The maximum atomic E-state index is 12.6. The van der Waals surface area contributed by atoms with Gasteiger partial charge in [-0.15, -0.1) is 0 Å². The van der Waals surface area contributed by atoms with Crippen LogP contribution in [0.1, 0.15) is 51.4 Å². The van der Waals surface area contributed by atoms with Crippen LogP contribution in [-0.2, 0) is 9.59 Å². The summed E-state index contributed by atoms with van der Waals surface area (Å²) in [6, 6.07) is 5.85. The largest absolute Gasteiger partial charge is 0.486 e. The Balaban J connectivity index is 1.26. The molecule has 27 heavy (non-hydrogen) atoms. The van der Waals surface area contributed by atoms with Gasteiger partial charge in [-0.3, -0.25) is 9.59 Å². The molecule has 1 aromatic rings. The summed E-state index contributed by atoms with van der Waals surface area (Å²) in [5, 5.41) is 6.19. The van der Waals surface area contributed by atoms with Gasteiger partial charge in [0, 0.05) is 29.6 Å². The third kappa shape index (κ3) is 4.37. The first-order chi connectivity index (χ1) is 13.2. The van der Waals surface area contributed by atoms with Crippen LogP contribution < -0.4 is 20.1 Å². The molecule has 2 aliphatic carbocycles. The second-order valence-electron chi connectivity index (χ2n) is 7.89. The summed E-state index contributed by atoms with van der Waals surface area (Å²) in [6.45, 7) is 1.08. The number of ether oxygens (including phenoxy) is 2. The van der Waals surface area contributed by atoms with Crippen LogP contribution in [0.3, 0.4) is 0 Å². The molecule has 2 saturated carbocycles. The number of benzene rings is 1. The lowest BCUT2D eigenvalue weighted by Crippen LogP contribution is -2.39. The summed E-state index contributed by atoms with van der Waals surface area (Å²) in [4.78, 5) is 25.0. The molecule has 0 spiro atoms. The minimum absolute atomic E-state index is 0.0290. The zero-order valence-electron chi connectivity index (χ0n) is 15.7. The predicted molar refractivity (Wildman–Crippen MR) is 102 cm³/mol. The smallest absolute Gasteiger partial charge is 0.227 e. The summed E-state index contributed by atoms with van der Waals surface area (Å²) in [6.07, 6.45) is 7.77. The molecule has 0 aromatic heterocycles. The van der Waals surface area contributed by atoms with Crippen LogP contribution in [0.25, 0.3) is 0 Å². The maximum Gasteiger partial charge on any atom is 0.227 e. The van der Waals surface area contributed by atoms with Crippen molar-refractivity contribution in [3.05, 3.63) is 18.2 Å². The third-order valence-electron chi connectivity index (χ3n) is 5.98. The molecular weight excluding hydrogens is 344 g/mol. The first kappa shape index (κ1) is 18.1. The van der Waals surface area contributed by atoms with E-state index in [1.165, 1.54) is 12.8 Å². The van der Waals surface area contributed by atoms with E-state index in [2.05, 4.69) is 10.6 Å². The summed E-state index contributed by atoms with van der Waals surface area (Å²) in [5.41, 5.74) is 0.727. The number of carbonyl (C=O) groups excluding carboxylic acids is 2. The number of hydrogen-bond donors (Lipinski definition) is 2. The zero-order chi connectivity index (χ0) is 18.6. The molecule has 1 aromatic carbocycles. The highest BCUT2D eigenvalue weighted by Gasteiger charge is 2.31. The van der Waals surface area contributed by atoms with Crippen molar-refractivity contribution < 1.29 is 19.1 Å². The third-order valence-corrected chi connectivity index (χ3v) is 5.98. The van der Waals surface area contributed by atoms with E-state index in [4.69, 9.17) is 9.47 Å². The predicted octanol–water partition coefficient (Wildman–Crippen LogP) is 3.26. The van der Waals surface area contributed by atoms with Gasteiger partial charge in [-0.1, -0.05) is 12.8 Å². The molecule has 0 radical (unpaired) electrons. The van der Waals surface area contributed by atoms with Gasteiger partial charge >= 0.3 is 0 Å². The summed E-state index contributed by atoms with van der Waals surface area (Å²) >= 11 is 0. The standard InChI is InChI=1S/C21H28N2O4/c24-20(22-16-3-1-2-4-16)14-5-7-15(8-6-14)21(25)23-17-9-10-18-19(13-17)27-12-11-26-18/h9-10,13-16H,1-8,11-12H2,(H,22,24)(H,23,25). The van der Waals surface area contributed by atoms with E-state index < -0.39 is 0 Å². The van der Waals surface area contributed by atoms with E-state index in [1.807, 2.05) is 18.2 Å². The van der Waals surface area contributed by atoms with E-state index in [9.17, 15) is 9.59 Å². The highest BCUT2D eigenvalue weighted by atomic mass is 16.6. The van der Waals surface area contributed by atoms with Gasteiger partial charge in [-0.2, -0.15) is 0 Å². The van der Waals surface area contributed by atoms with Crippen molar-refractivity contribution in [3.63, 3.8) is 0 Å². The molecule has 0 bridgehead atoms. The van der Waals surface area contributed by atoms with Gasteiger partial charge in [0.15, 0.2) is 11.5 Å². The van der Waals surface area contributed by atoms with Crippen molar-refractivity contribution in [1.29, 1.82) is 0 Å². The van der Waals surface area contributed by atoms with Crippen LogP contribution in [-0.4, -0.2) is 31.1 Å². The Morgan fingerprint density at radius 3 is 2.15 bits per heavy atom. The van der Waals surface area contributed by atoms with Crippen molar-refractivity contribution in [2.24, 2.45) is 11.8 Å². The lowest BCUT2D eigenvalue weighted by Gasteiger charge is -2.28. The Hall–Kier alpha value is -2.24. The summed E-state index contributed by atoms with van der Waals surface area (Å²) in [5.74, 6) is 1.63. The van der Waals surface area contributed by atoms with Gasteiger partial charge in [0.1, 0.15) is 13.2 Å². The minimum Gasteiger partial charge on any atom is -0.486 e. The average Bonchev–Trinajstić information content (AvgIpc) is 3.21. The number of carbonyl (C=O) groups is 2. The Morgan fingerprint density at radius 2 is 1.44 bits per heavy atom. The zero-order valence-corrected chi connectivity index (χ0v) is 15.7. The highest BCUT2D eigenvalue weighted by molar-refractivity contribution is 5.93. The molecular formula is C21H28N2O4. The lowest BCUT2D eigenvalue weighted by atomic mass is 9.81. The van der Waals surface area contributed by atoms with Crippen molar-refractivity contribution in [1.82, 2.24) is 5.32 Å². The molecule has 4 rings (SSSR count). The molecule has 1 heterocycles. The normalized spacial score (nSPS) is 25.0. The van der Waals surface area contributed by atoms with E-state index in [-0.39, 0.29) is 23.7 Å². The fourth-order valence-electron chi connectivity index (χ4n) is 4.37. The second-order valence-corrected chi connectivity index (χ2v) is 7.89. The highest BCUT2D eigenvalue weighted by Crippen LogP contribution is 2.34. The molecule has 6 heteroatoms. The van der Waals surface area contributed by atoms with Gasteiger partial charge in [-0.05, 0) is 50.7 Å². The minimum atomic E-state index is -0.0336. The second kappa shape index (κ2) is 8.19. The van der Waals surface area contributed by atoms with Gasteiger partial charge < -0.3 is 20.1 Å². The Kier molecular flexibility index (Phi) is 5.50. The number of fused-ring (bicyclic) bond motifs is 1. The molecule has 6 nitrogen and oxygen atoms in total. The Labute approximate surface area is 160 Å². The van der Waals surface area contributed by atoms with E-state index in [0.29, 0.717) is 30.8 Å². The van der Waals surface area contributed by atoms with Crippen molar-refractivity contribution >= 4 is 17.5 Å². The molecule has 2 amide bonds. The summed E-state index contributed by atoms with van der Waals surface area (Å²) < 4.78 is 11.1. The van der Waals surface area contributed by atoms with Crippen LogP contribution in [0.4, 0.5) is 5.69 Å². The first-order valence-electron chi connectivity index (χ1n) is 10.2. The molecule has 2 fully saturated rings. The van der Waals surface area contributed by atoms with Gasteiger partial charge in [0.25, 0.3) is 0 Å². The molecule has 0 saturated heterocycles. The molecule has 1 aliphatic heterocycles. The number of anilines is 1. The fourth-order valence-corrected chi connectivity index (χ4v) is 4.37. The molecule has 0 atom stereocenters. The van der Waals surface area contributed by atoms with Crippen molar-refractivity contribution in [2.45, 2.75) is 57.4 Å². The molecule has 3 aliphatic rings. The van der Waals surface area contributed by atoms with Gasteiger partial charge in [-0.25, -0.2) is 0 Å². The van der Waals surface area contributed by atoms with E-state index in [0.717, 1.165) is 44.2 Å². The molecule has 146 valence electrons. The van der Waals surface area contributed by atoms with Crippen LogP contribution in [0.5, 0.6) is 11.5 Å². The molecule has 2 N–H and O–H groups in total. The van der Waals surface area contributed by atoms with E-state index in [1.54, 1.807) is 0 Å². The van der Waals surface area contributed by atoms with Crippen LogP contribution in [0.15, 0.2) is 18.2 Å². The monoisotopic (exact) mass is 372 g/mol. The number of amides is 2. The number of nitrogens with one attached hydrogen (secondary N) is 2. The Morgan fingerprint density at radius 1 is 0.815 bits per heavy atom.